The van der Waals surface area contributed by atoms with Gasteiger partial charge >= 0.3 is 6.36 Å². The Morgan fingerprint density at radius 3 is 1.85 bits per heavy atom. The van der Waals surface area contributed by atoms with E-state index in [-0.39, 0.29) is 5.75 Å². The fourth-order valence-electron chi connectivity index (χ4n) is 2.70. The van der Waals surface area contributed by atoms with E-state index in [9.17, 15) is 13.2 Å². The summed E-state index contributed by atoms with van der Waals surface area (Å²) in [6, 6.07) is 14.2. The van der Waals surface area contributed by atoms with Crippen molar-refractivity contribution < 1.29 is 17.9 Å². The normalized spacial score (nSPS) is 11.8. The number of unbranched alkanes of at least 4 members (excludes halogenated alkanes) is 4. The lowest BCUT2D eigenvalue weighted by atomic mass is 10.0. The van der Waals surface area contributed by atoms with Gasteiger partial charge in [-0.05, 0) is 41.7 Å². The molecule has 2 aromatic carbocycles. The first kappa shape index (κ1) is 20.1. The van der Waals surface area contributed by atoms with Crippen molar-refractivity contribution in [3.05, 3.63) is 65.2 Å². The van der Waals surface area contributed by atoms with Gasteiger partial charge in [-0.2, -0.15) is 0 Å². The molecule has 2 rings (SSSR count). The van der Waals surface area contributed by atoms with Crippen LogP contribution in [0.2, 0.25) is 0 Å². The zero-order valence-corrected chi connectivity index (χ0v) is 15.1. The molecule has 0 radical (unpaired) electrons. The Hall–Kier alpha value is -2.23. The largest absolute Gasteiger partial charge is 0.573 e. The second-order valence-electron chi connectivity index (χ2n) is 6.36. The Morgan fingerprint density at radius 1 is 0.769 bits per heavy atom. The van der Waals surface area contributed by atoms with E-state index in [1.165, 1.54) is 49.8 Å². The summed E-state index contributed by atoms with van der Waals surface area (Å²) in [6.07, 6.45) is 6.66. The van der Waals surface area contributed by atoms with E-state index in [0.717, 1.165) is 17.5 Å². The first-order chi connectivity index (χ1) is 12.5. The minimum atomic E-state index is -4.66. The van der Waals surface area contributed by atoms with E-state index in [0.29, 0.717) is 0 Å². The zero-order valence-electron chi connectivity index (χ0n) is 15.1. The van der Waals surface area contributed by atoms with Crippen molar-refractivity contribution in [2.24, 2.45) is 0 Å². The fraction of sp³-hybridized carbons (Fsp3) is 0.364. The molecule has 0 amide bonds. The third kappa shape index (κ3) is 7.77. The minimum absolute atomic E-state index is 0.210. The lowest BCUT2D eigenvalue weighted by molar-refractivity contribution is -0.274. The van der Waals surface area contributed by atoms with Gasteiger partial charge in [0.2, 0.25) is 0 Å². The van der Waals surface area contributed by atoms with E-state index < -0.39 is 6.36 Å². The number of aryl methyl sites for hydroxylation is 1. The molecule has 0 fully saturated rings. The molecule has 0 atom stereocenters. The van der Waals surface area contributed by atoms with Gasteiger partial charge in [0.15, 0.2) is 0 Å². The molecule has 0 unspecified atom stereocenters. The molecule has 0 heterocycles. The van der Waals surface area contributed by atoms with Crippen molar-refractivity contribution in [1.82, 2.24) is 0 Å². The zero-order chi connectivity index (χ0) is 18.8. The minimum Gasteiger partial charge on any atom is -0.406 e. The number of halogens is 3. The summed E-state index contributed by atoms with van der Waals surface area (Å²) in [5.74, 6) is -0.210. The van der Waals surface area contributed by atoms with Crippen molar-refractivity contribution in [1.29, 1.82) is 0 Å². The standard InChI is InChI=1S/C22H25F3O/c1-2-3-4-5-6-7-18-8-10-19(11-9-18)12-13-20-14-16-21(17-15-20)26-22(23,24)25/h8-17H,2-7H2,1H3. The Kier molecular flexibility index (Phi) is 7.76. The van der Waals surface area contributed by atoms with E-state index in [1.54, 1.807) is 12.1 Å². The lowest BCUT2D eigenvalue weighted by Gasteiger charge is -2.08. The van der Waals surface area contributed by atoms with Crippen molar-refractivity contribution in [3.8, 4) is 5.75 Å². The van der Waals surface area contributed by atoms with Crippen LogP contribution in [0.5, 0.6) is 5.75 Å². The van der Waals surface area contributed by atoms with Crippen molar-refractivity contribution >= 4 is 12.2 Å². The number of alkyl halides is 3. The van der Waals surface area contributed by atoms with E-state index in [1.807, 2.05) is 12.2 Å². The third-order valence-corrected chi connectivity index (χ3v) is 4.13. The van der Waals surface area contributed by atoms with Crippen LogP contribution in [-0.4, -0.2) is 6.36 Å². The van der Waals surface area contributed by atoms with E-state index >= 15 is 0 Å². The molecule has 2 aromatic rings. The first-order valence-electron chi connectivity index (χ1n) is 9.09. The SMILES string of the molecule is CCCCCCCc1ccc(C=Cc2ccc(OC(F)(F)F)cc2)cc1. The Bertz CT molecular complexity index is 670. The van der Waals surface area contributed by atoms with Crippen molar-refractivity contribution in [2.45, 2.75) is 51.8 Å². The van der Waals surface area contributed by atoms with Crippen LogP contribution in [0.25, 0.3) is 12.2 Å². The van der Waals surface area contributed by atoms with Gasteiger partial charge in [-0.1, -0.05) is 81.2 Å². The average molecular weight is 362 g/mol. The molecule has 0 aromatic heterocycles. The Labute approximate surface area is 153 Å². The monoisotopic (exact) mass is 362 g/mol. The quantitative estimate of drug-likeness (QED) is 0.337. The summed E-state index contributed by atoms with van der Waals surface area (Å²) in [5.41, 5.74) is 3.22. The third-order valence-electron chi connectivity index (χ3n) is 4.13. The second-order valence-corrected chi connectivity index (χ2v) is 6.36. The summed E-state index contributed by atoms with van der Waals surface area (Å²) in [6.45, 7) is 2.22. The highest BCUT2D eigenvalue weighted by Gasteiger charge is 2.30. The summed E-state index contributed by atoms with van der Waals surface area (Å²) >= 11 is 0. The summed E-state index contributed by atoms with van der Waals surface area (Å²) in [5, 5.41) is 0. The Balaban J connectivity index is 1.84. The molecular weight excluding hydrogens is 337 g/mol. The summed E-state index contributed by atoms with van der Waals surface area (Å²) in [4.78, 5) is 0. The summed E-state index contributed by atoms with van der Waals surface area (Å²) in [7, 11) is 0. The van der Waals surface area contributed by atoms with Crippen LogP contribution in [0, 0.1) is 0 Å². The first-order valence-corrected chi connectivity index (χ1v) is 9.09. The van der Waals surface area contributed by atoms with Crippen LogP contribution in [0.4, 0.5) is 13.2 Å². The molecule has 140 valence electrons. The molecule has 0 aliphatic carbocycles. The maximum Gasteiger partial charge on any atom is 0.573 e. The molecule has 0 saturated carbocycles. The second kappa shape index (κ2) is 10.0. The van der Waals surface area contributed by atoms with E-state index in [2.05, 4.69) is 35.9 Å². The molecule has 0 bridgehead atoms. The summed E-state index contributed by atoms with van der Waals surface area (Å²) < 4.78 is 40.3. The highest BCUT2D eigenvalue weighted by atomic mass is 19.4. The van der Waals surface area contributed by atoms with Gasteiger partial charge in [-0.15, -0.1) is 13.2 Å². The molecule has 0 aliphatic rings. The van der Waals surface area contributed by atoms with E-state index in [4.69, 9.17) is 0 Å². The highest BCUT2D eigenvalue weighted by molar-refractivity contribution is 5.69. The fourth-order valence-corrected chi connectivity index (χ4v) is 2.70. The lowest BCUT2D eigenvalue weighted by Crippen LogP contribution is -2.16. The maximum absolute atomic E-state index is 12.1. The van der Waals surface area contributed by atoms with Gasteiger partial charge in [0, 0.05) is 0 Å². The van der Waals surface area contributed by atoms with Gasteiger partial charge in [0.05, 0.1) is 0 Å². The van der Waals surface area contributed by atoms with Gasteiger partial charge < -0.3 is 4.74 Å². The van der Waals surface area contributed by atoms with Crippen LogP contribution in [0.15, 0.2) is 48.5 Å². The van der Waals surface area contributed by atoms with Crippen LogP contribution in [0.1, 0.15) is 55.7 Å². The molecular formula is C22H25F3O. The topological polar surface area (TPSA) is 9.23 Å². The number of hydrogen-bond acceptors (Lipinski definition) is 1. The van der Waals surface area contributed by atoms with Gasteiger partial charge in [-0.25, -0.2) is 0 Å². The molecule has 4 heteroatoms. The predicted molar refractivity (Wildman–Crippen MR) is 101 cm³/mol. The molecule has 26 heavy (non-hydrogen) atoms. The van der Waals surface area contributed by atoms with Crippen LogP contribution in [0.3, 0.4) is 0 Å². The van der Waals surface area contributed by atoms with Crippen LogP contribution >= 0.6 is 0 Å². The van der Waals surface area contributed by atoms with Crippen molar-refractivity contribution in [3.63, 3.8) is 0 Å². The van der Waals surface area contributed by atoms with Gasteiger partial charge in [-0.3, -0.25) is 0 Å². The molecule has 1 nitrogen and oxygen atoms in total. The van der Waals surface area contributed by atoms with Crippen molar-refractivity contribution in [2.75, 3.05) is 0 Å². The molecule has 0 aliphatic heterocycles. The molecule has 0 N–H and O–H groups in total. The smallest absolute Gasteiger partial charge is 0.406 e. The average Bonchev–Trinajstić information content (AvgIpc) is 2.61. The molecule has 0 saturated heterocycles. The predicted octanol–water partition coefficient (Wildman–Crippen LogP) is 7.27. The maximum atomic E-state index is 12.1. The van der Waals surface area contributed by atoms with Gasteiger partial charge in [0.1, 0.15) is 5.75 Å². The highest BCUT2D eigenvalue weighted by Crippen LogP contribution is 2.23. The van der Waals surface area contributed by atoms with Crippen LogP contribution in [-0.2, 0) is 6.42 Å². The Morgan fingerprint density at radius 2 is 1.31 bits per heavy atom. The molecule has 0 spiro atoms. The van der Waals surface area contributed by atoms with Gasteiger partial charge in [0.25, 0.3) is 0 Å². The number of hydrogen-bond donors (Lipinski definition) is 0. The number of ether oxygens (including phenoxy) is 1. The number of benzene rings is 2. The van der Waals surface area contributed by atoms with Crippen LogP contribution < -0.4 is 4.74 Å². The number of rotatable bonds is 9.